The van der Waals surface area contributed by atoms with Crippen molar-refractivity contribution in [3.05, 3.63) is 16.4 Å². The fourth-order valence-electron chi connectivity index (χ4n) is 2.70. The Morgan fingerprint density at radius 3 is 2.60 bits per heavy atom. The Bertz CT molecular complexity index is 636. The number of carbonyl (C=O) groups is 2. The molecule has 1 unspecified atom stereocenters. The monoisotopic (exact) mass is 416 g/mol. The molecule has 1 atom stereocenters. The molecule has 0 bridgehead atoms. The first kappa shape index (κ1) is 19.9. The number of aliphatic hydroxyl groups is 1. The Hall–Kier alpha value is -1.45. The van der Waals surface area contributed by atoms with Crippen molar-refractivity contribution in [1.82, 2.24) is 20.0 Å². The van der Waals surface area contributed by atoms with E-state index in [-0.39, 0.29) is 37.5 Å². The number of methoxy groups -OCH3 is 1. The van der Waals surface area contributed by atoms with E-state index in [1.165, 1.54) is 12.0 Å². The van der Waals surface area contributed by atoms with Gasteiger partial charge in [0.05, 0.1) is 25.2 Å². The maximum Gasteiger partial charge on any atom is 0.255 e. The molecule has 1 saturated heterocycles. The summed E-state index contributed by atoms with van der Waals surface area (Å²) in [7, 11) is 1.49. The van der Waals surface area contributed by atoms with E-state index < -0.39 is 11.7 Å². The van der Waals surface area contributed by atoms with Crippen molar-refractivity contribution in [2.45, 2.75) is 44.9 Å². The minimum absolute atomic E-state index is 0.0681. The van der Waals surface area contributed by atoms with Crippen molar-refractivity contribution in [3.63, 3.8) is 0 Å². The fourth-order valence-corrected chi connectivity index (χ4v) is 3.17. The highest BCUT2D eigenvalue weighted by Crippen LogP contribution is 2.23. The Balaban J connectivity index is 1.88. The number of rotatable bonds is 7. The van der Waals surface area contributed by atoms with Crippen molar-refractivity contribution in [2.24, 2.45) is 0 Å². The topological polar surface area (TPSA) is 96.7 Å². The molecular weight excluding hydrogens is 392 g/mol. The van der Waals surface area contributed by atoms with Crippen molar-refractivity contribution in [3.8, 4) is 0 Å². The van der Waals surface area contributed by atoms with Gasteiger partial charge in [-0.15, -0.1) is 0 Å². The van der Waals surface area contributed by atoms with Crippen LogP contribution in [0.3, 0.4) is 0 Å². The number of hydrogen-bond acceptors (Lipinski definition) is 5. The Labute approximate surface area is 155 Å². The molecule has 1 aromatic heterocycles. The van der Waals surface area contributed by atoms with Gasteiger partial charge in [0.25, 0.3) is 11.8 Å². The maximum absolute atomic E-state index is 12.3. The number of halogens is 1. The number of amides is 2. The van der Waals surface area contributed by atoms with Crippen LogP contribution in [0.5, 0.6) is 0 Å². The Kier molecular flexibility index (Phi) is 6.23. The lowest BCUT2D eigenvalue weighted by atomic mass is 9.93. The Morgan fingerprint density at radius 1 is 1.48 bits per heavy atom. The summed E-state index contributed by atoms with van der Waals surface area (Å²) < 4.78 is 7.27. The lowest BCUT2D eigenvalue weighted by Crippen LogP contribution is -2.68. The minimum Gasteiger partial charge on any atom is -0.384 e. The third kappa shape index (κ3) is 4.39. The predicted octanol–water partition coefficient (Wildman–Crippen LogP) is 0.955. The van der Waals surface area contributed by atoms with Gasteiger partial charge >= 0.3 is 0 Å². The molecule has 2 amide bonds. The second-order valence-electron chi connectivity index (χ2n) is 6.64. The first-order valence-corrected chi connectivity index (χ1v) is 9.07. The van der Waals surface area contributed by atoms with Gasteiger partial charge in [-0.05, 0) is 36.2 Å². The molecule has 9 heteroatoms. The van der Waals surface area contributed by atoms with Gasteiger partial charge in [-0.3, -0.25) is 14.3 Å². The highest BCUT2D eigenvalue weighted by molar-refractivity contribution is 9.10. The highest BCUT2D eigenvalue weighted by Gasteiger charge is 2.45. The van der Waals surface area contributed by atoms with Gasteiger partial charge in [-0.2, -0.15) is 5.10 Å². The van der Waals surface area contributed by atoms with E-state index >= 15 is 0 Å². The van der Waals surface area contributed by atoms with E-state index in [0.29, 0.717) is 16.6 Å². The smallest absolute Gasteiger partial charge is 0.255 e. The van der Waals surface area contributed by atoms with Gasteiger partial charge in [-0.1, -0.05) is 6.92 Å². The zero-order chi connectivity index (χ0) is 18.8. The molecule has 2 rings (SSSR count). The van der Waals surface area contributed by atoms with Crippen LogP contribution in [0, 0.1) is 0 Å². The summed E-state index contributed by atoms with van der Waals surface area (Å²) in [6.07, 6.45) is 1.75. The minimum atomic E-state index is -1.11. The standard InChI is InChI=1S/C16H25BrN4O4/c1-5-12(25-4)15(23)20-8-16(24,9-20)7-18-14(22)11-6-21(10(2)3)19-13(11)17/h6,10,12,24H,5,7-9H2,1-4H3,(H,18,22). The number of hydrogen-bond donors (Lipinski definition) is 2. The average Bonchev–Trinajstić information content (AvgIpc) is 2.93. The normalized spacial score (nSPS) is 17.3. The van der Waals surface area contributed by atoms with E-state index in [1.54, 1.807) is 10.9 Å². The molecule has 1 aromatic rings. The molecule has 0 saturated carbocycles. The predicted molar refractivity (Wildman–Crippen MR) is 95.3 cm³/mol. The van der Waals surface area contributed by atoms with Crippen LogP contribution in [0.15, 0.2) is 10.8 Å². The van der Waals surface area contributed by atoms with Gasteiger partial charge in [0.15, 0.2) is 0 Å². The quantitative estimate of drug-likeness (QED) is 0.689. The summed E-state index contributed by atoms with van der Waals surface area (Å²) in [5, 5.41) is 17.4. The summed E-state index contributed by atoms with van der Waals surface area (Å²) in [4.78, 5) is 26.0. The van der Waals surface area contributed by atoms with Crippen LogP contribution in [0.2, 0.25) is 0 Å². The molecular formula is C16H25BrN4O4. The second-order valence-corrected chi connectivity index (χ2v) is 7.39. The van der Waals surface area contributed by atoms with Crippen molar-refractivity contribution in [1.29, 1.82) is 0 Å². The lowest BCUT2D eigenvalue weighted by Gasteiger charge is -2.47. The molecule has 2 N–H and O–H groups in total. The summed E-state index contributed by atoms with van der Waals surface area (Å²) in [5.74, 6) is -0.456. The average molecular weight is 417 g/mol. The summed E-state index contributed by atoms with van der Waals surface area (Å²) in [5.41, 5.74) is -0.701. The van der Waals surface area contributed by atoms with E-state index in [4.69, 9.17) is 4.74 Å². The molecule has 1 fully saturated rings. The van der Waals surface area contributed by atoms with Crippen LogP contribution in [0.25, 0.3) is 0 Å². The molecule has 8 nitrogen and oxygen atoms in total. The van der Waals surface area contributed by atoms with Crippen LogP contribution in [-0.4, -0.2) is 70.1 Å². The summed E-state index contributed by atoms with van der Waals surface area (Å²) in [6, 6.07) is 0.139. The molecule has 0 radical (unpaired) electrons. The number of ether oxygens (including phenoxy) is 1. The van der Waals surface area contributed by atoms with Crippen LogP contribution in [0.1, 0.15) is 43.6 Å². The van der Waals surface area contributed by atoms with Crippen molar-refractivity contribution in [2.75, 3.05) is 26.7 Å². The van der Waals surface area contributed by atoms with Crippen molar-refractivity contribution >= 4 is 27.7 Å². The SMILES string of the molecule is CCC(OC)C(=O)N1CC(O)(CNC(=O)c2cn(C(C)C)nc2Br)C1. The largest absolute Gasteiger partial charge is 0.384 e. The number of nitrogens with zero attached hydrogens (tertiary/aromatic N) is 3. The second kappa shape index (κ2) is 7.84. The zero-order valence-corrected chi connectivity index (χ0v) is 16.5. The number of carbonyl (C=O) groups excluding carboxylic acids is 2. The first-order valence-electron chi connectivity index (χ1n) is 8.27. The zero-order valence-electron chi connectivity index (χ0n) is 15.0. The third-order valence-corrected chi connectivity index (χ3v) is 4.84. The molecule has 1 aliphatic heterocycles. The molecule has 0 aliphatic carbocycles. The van der Waals surface area contributed by atoms with Crippen LogP contribution in [0.4, 0.5) is 0 Å². The molecule has 25 heavy (non-hydrogen) atoms. The summed E-state index contributed by atoms with van der Waals surface area (Å²) in [6.45, 7) is 6.23. The van der Waals surface area contributed by atoms with E-state index in [0.717, 1.165) is 0 Å². The van der Waals surface area contributed by atoms with Crippen LogP contribution >= 0.6 is 15.9 Å². The molecule has 0 aromatic carbocycles. The van der Waals surface area contributed by atoms with Gasteiger partial charge in [0.1, 0.15) is 16.3 Å². The molecule has 2 heterocycles. The number of likely N-dealkylation sites (tertiary alicyclic amines) is 1. The summed E-state index contributed by atoms with van der Waals surface area (Å²) >= 11 is 3.28. The van der Waals surface area contributed by atoms with Gasteiger partial charge in [0, 0.05) is 19.3 Å². The van der Waals surface area contributed by atoms with Crippen LogP contribution < -0.4 is 5.32 Å². The molecule has 1 aliphatic rings. The first-order chi connectivity index (χ1) is 11.7. The Morgan fingerprint density at radius 2 is 2.12 bits per heavy atom. The van der Waals surface area contributed by atoms with E-state index in [1.807, 2.05) is 20.8 Å². The number of nitrogens with one attached hydrogen (secondary N) is 1. The van der Waals surface area contributed by atoms with Gasteiger partial charge < -0.3 is 20.1 Å². The number of β-amino-alcohol motifs (C(OH)–C–C–N with tert-alkyl or cyclic N) is 1. The van der Waals surface area contributed by atoms with E-state index in [2.05, 4.69) is 26.3 Å². The fraction of sp³-hybridized carbons (Fsp3) is 0.688. The number of aromatic nitrogens is 2. The van der Waals surface area contributed by atoms with E-state index in [9.17, 15) is 14.7 Å². The van der Waals surface area contributed by atoms with Crippen LogP contribution in [-0.2, 0) is 9.53 Å². The third-order valence-electron chi connectivity index (χ3n) is 4.25. The highest BCUT2D eigenvalue weighted by atomic mass is 79.9. The van der Waals surface area contributed by atoms with Gasteiger partial charge in [-0.25, -0.2) is 0 Å². The molecule has 0 spiro atoms. The molecule has 140 valence electrons. The lowest BCUT2D eigenvalue weighted by molar-refractivity contribution is -0.164. The maximum atomic E-state index is 12.3. The van der Waals surface area contributed by atoms with Gasteiger partial charge in [0.2, 0.25) is 0 Å². The van der Waals surface area contributed by atoms with Crippen molar-refractivity contribution < 1.29 is 19.4 Å².